The average Bonchev–Trinajstić information content (AvgIpc) is 3.52. The first-order valence-electron chi connectivity index (χ1n) is 11.9. The summed E-state index contributed by atoms with van der Waals surface area (Å²) in [7, 11) is 0. The number of nitrogens with one attached hydrogen (secondary N) is 2. The molecule has 2 aliphatic heterocycles. The molecule has 1 aromatic heterocycles. The quantitative estimate of drug-likeness (QED) is 0.513. The molecule has 198 valence electrons. The molecule has 1 unspecified atom stereocenters. The molecule has 13 heteroatoms. The summed E-state index contributed by atoms with van der Waals surface area (Å²) in [4.78, 5) is 31.4. The maximum absolute atomic E-state index is 13.0. The van der Waals surface area contributed by atoms with Gasteiger partial charge in [0.1, 0.15) is 11.7 Å². The Kier molecular flexibility index (Phi) is 7.99. The van der Waals surface area contributed by atoms with Crippen LogP contribution in [0.2, 0.25) is 0 Å². The van der Waals surface area contributed by atoms with Gasteiger partial charge in [0, 0.05) is 44.0 Å². The summed E-state index contributed by atoms with van der Waals surface area (Å²) in [6.07, 6.45) is 0.00144. The number of alkyl halides is 3. The van der Waals surface area contributed by atoms with Gasteiger partial charge in [-0.2, -0.15) is 23.4 Å². The van der Waals surface area contributed by atoms with Gasteiger partial charge in [-0.25, -0.2) is 4.31 Å². The summed E-state index contributed by atoms with van der Waals surface area (Å²) >= 11 is 1.06. The van der Waals surface area contributed by atoms with Crippen molar-refractivity contribution in [3.63, 3.8) is 0 Å². The Morgan fingerprint density at radius 1 is 1.16 bits per heavy atom. The van der Waals surface area contributed by atoms with Crippen LogP contribution in [-0.4, -0.2) is 52.2 Å². The highest BCUT2D eigenvalue weighted by molar-refractivity contribution is 7.95. The topological polar surface area (TPSA) is 114 Å². The van der Waals surface area contributed by atoms with Crippen molar-refractivity contribution >= 4 is 35.7 Å². The van der Waals surface area contributed by atoms with E-state index in [1.165, 1.54) is 6.07 Å². The predicted octanol–water partition coefficient (Wildman–Crippen LogP) is 4.66. The third kappa shape index (κ3) is 6.19. The highest BCUT2D eigenvalue weighted by Gasteiger charge is 2.43. The number of hydrogen-bond donors (Lipinski definition) is 2. The molecule has 2 fully saturated rings. The van der Waals surface area contributed by atoms with Crippen LogP contribution >= 0.6 is 12.1 Å². The van der Waals surface area contributed by atoms with Gasteiger partial charge < -0.3 is 14.6 Å². The summed E-state index contributed by atoms with van der Waals surface area (Å²) in [5, 5.41) is 12.5. The number of aryl methyl sites for hydroxylation is 1. The molecule has 0 bridgehead atoms. The van der Waals surface area contributed by atoms with E-state index in [2.05, 4.69) is 21.1 Å². The first-order chi connectivity index (χ1) is 17.6. The van der Waals surface area contributed by atoms with Crippen LogP contribution < -0.4 is 10.0 Å². The van der Waals surface area contributed by atoms with Gasteiger partial charge >= 0.3 is 6.18 Å². The minimum atomic E-state index is -4.50. The molecule has 2 N–H and O–H groups in total. The summed E-state index contributed by atoms with van der Waals surface area (Å²) in [6, 6.07) is 5.42. The molecule has 2 amide bonds. The number of halogens is 3. The summed E-state index contributed by atoms with van der Waals surface area (Å²) in [5.74, 6) is -0.645. The Bertz CT molecular complexity index is 1190. The van der Waals surface area contributed by atoms with Crippen LogP contribution in [0, 0.1) is 23.7 Å². The second-order valence-corrected chi connectivity index (χ2v) is 10.1. The monoisotopic (exact) mass is 536 g/mol. The van der Waals surface area contributed by atoms with Crippen molar-refractivity contribution in [3.8, 4) is 6.07 Å². The second-order valence-electron chi connectivity index (χ2n) is 9.19. The second kappa shape index (κ2) is 11.0. The number of aromatic nitrogens is 1. The minimum Gasteiger partial charge on any atom is -0.431 e. The Labute approximate surface area is 216 Å². The molecule has 2 aliphatic rings. The Balaban J connectivity index is 1.32. The lowest BCUT2D eigenvalue weighted by Gasteiger charge is -2.29. The molecule has 1 aromatic carbocycles. The smallest absolute Gasteiger partial charge is 0.416 e. The van der Waals surface area contributed by atoms with E-state index in [1.807, 2.05) is 4.31 Å². The van der Waals surface area contributed by atoms with Gasteiger partial charge in [0.15, 0.2) is 5.69 Å². The van der Waals surface area contributed by atoms with Gasteiger partial charge in [0.25, 0.3) is 11.9 Å². The number of nitriles is 1. The summed E-state index contributed by atoms with van der Waals surface area (Å²) in [6.45, 7) is 4.05. The number of anilines is 2. The van der Waals surface area contributed by atoms with Gasteiger partial charge in [-0.05, 0) is 56.7 Å². The van der Waals surface area contributed by atoms with Crippen LogP contribution in [0.4, 0.5) is 24.9 Å². The number of oxazole rings is 1. The fraction of sp³-hybridized carbons (Fsp3) is 0.500. The van der Waals surface area contributed by atoms with Crippen molar-refractivity contribution < 1.29 is 27.2 Å². The molecule has 4 rings (SSSR count). The molecule has 2 saturated heterocycles. The van der Waals surface area contributed by atoms with Gasteiger partial charge in [-0.1, -0.05) is 6.07 Å². The van der Waals surface area contributed by atoms with Gasteiger partial charge in [-0.15, -0.1) is 0 Å². The van der Waals surface area contributed by atoms with Crippen LogP contribution in [0.15, 0.2) is 28.9 Å². The zero-order valence-corrected chi connectivity index (χ0v) is 21.0. The molecule has 1 atom stereocenters. The van der Waals surface area contributed by atoms with E-state index >= 15 is 0 Å². The third-order valence-electron chi connectivity index (χ3n) is 6.63. The van der Waals surface area contributed by atoms with Crippen LogP contribution in [0.25, 0.3) is 0 Å². The lowest BCUT2D eigenvalue weighted by atomic mass is 9.81. The van der Waals surface area contributed by atoms with Gasteiger partial charge in [0.05, 0.1) is 11.6 Å². The molecule has 2 aromatic rings. The van der Waals surface area contributed by atoms with E-state index in [0.29, 0.717) is 51.0 Å². The molecular formula is C24H27F3N6O3S. The number of carbonyl (C=O) groups is 2. The molecule has 3 heterocycles. The zero-order chi connectivity index (χ0) is 26.6. The summed E-state index contributed by atoms with van der Waals surface area (Å²) in [5.41, 5.74) is -1.21. The van der Waals surface area contributed by atoms with Gasteiger partial charge in [-0.3, -0.25) is 14.3 Å². The van der Waals surface area contributed by atoms with Crippen LogP contribution in [-0.2, 0) is 11.0 Å². The fourth-order valence-corrected chi connectivity index (χ4v) is 5.16. The molecule has 37 heavy (non-hydrogen) atoms. The molecule has 0 saturated carbocycles. The van der Waals surface area contributed by atoms with E-state index in [4.69, 9.17) is 4.42 Å². The van der Waals surface area contributed by atoms with Crippen molar-refractivity contribution in [1.29, 1.82) is 5.26 Å². The standard InChI is InChI=1S/C24H27F3N6O3S/c1-16-5-6-17(24(25,26)27)13-18(16)29-22-30-19(14-36-22)20(34)31-37-33-11-4-7-23(15-28,8-12-33)21(35)32-9-2-3-10-32/h5-6,13-14H,2-4,7-12H2,1H3,(H,29,30)(H,31,34). The predicted molar refractivity (Wildman–Crippen MR) is 130 cm³/mol. The largest absolute Gasteiger partial charge is 0.431 e. The minimum absolute atomic E-state index is 0.0509. The molecular weight excluding hydrogens is 509 g/mol. The lowest BCUT2D eigenvalue weighted by Crippen LogP contribution is -2.42. The maximum atomic E-state index is 13.0. The number of rotatable bonds is 6. The van der Waals surface area contributed by atoms with E-state index in [-0.39, 0.29) is 23.3 Å². The summed E-state index contributed by atoms with van der Waals surface area (Å²) < 4.78 is 48.9. The molecule has 0 radical (unpaired) electrons. The molecule has 0 aliphatic carbocycles. The first kappa shape index (κ1) is 26.8. The normalized spacial score (nSPS) is 20.8. The third-order valence-corrected chi connectivity index (χ3v) is 7.53. The van der Waals surface area contributed by atoms with Crippen LogP contribution in [0.5, 0.6) is 0 Å². The van der Waals surface area contributed by atoms with Crippen molar-refractivity contribution in [2.45, 2.75) is 45.2 Å². The fourth-order valence-electron chi connectivity index (χ4n) is 4.44. The van der Waals surface area contributed by atoms with Crippen molar-refractivity contribution in [3.05, 3.63) is 41.3 Å². The van der Waals surface area contributed by atoms with Crippen molar-refractivity contribution in [2.75, 3.05) is 31.5 Å². The average molecular weight is 537 g/mol. The Morgan fingerprint density at radius 2 is 1.92 bits per heavy atom. The maximum Gasteiger partial charge on any atom is 0.416 e. The van der Waals surface area contributed by atoms with Crippen LogP contribution in [0.1, 0.15) is 53.7 Å². The number of nitrogens with zero attached hydrogens (tertiary/aromatic N) is 4. The van der Waals surface area contributed by atoms with E-state index in [0.717, 1.165) is 43.4 Å². The van der Waals surface area contributed by atoms with E-state index < -0.39 is 23.1 Å². The van der Waals surface area contributed by atoms with E-state index in [9.17, 15) is 28.0 Å². The molecule has 9 nitrogen and oxygen atoms in total. The highest BCUT2D eigenvalue weighted by Crippen LogP contribution is 2.36. The van der Waals surface area contributed by atoms with Crippen LogP contribution in [0.3, 0.4) is 0 Å². The number of benzene rings is 1. The van der Waals surface area contributed by atoms with E-state index in [1.54, 1.807) is 11.8 Å². The number of likely N-dealkylation sites (tertiary alicyclic amines) is 1. The highest BCUT2D eigenvalue weighted by atomic mass is 32.2. The molecule has 0 spiro atoms. The zero-order valence-electron chi connectivity index (χ0n) is 20.2. The first-order valence-corrected chi connectivity index (χ1v) is 12.7. The Hall–Kier alpha value is -3.24. The van der Waals surface area contributed by atoms with Crippen molar-refractivity contribution in [1.82, 2.24) is 18.9 Å². The number of hydrogen-bond acceptors (Lipinski definition) is 8. The SMILES string of the molecule is Cc1ccc(C(F)(F)F)cc1Nc1nc(C(=O)NSN2CCCC(C#N)(C(=O)N3CCCC3)CC2)co1. The lowest BCUT2D eigenvalue weighted by molar-refractivity contribution is -0.138. The number of amides is 2. The van der Waals surface area contributed by atoms with Gasteiger partial charge in [0.2, 0.25) is 5.91 Å². The number of carbonyl (C=O) groups excluding carboxylic acids is 2. The Morgan fingerprint density at radius 3 is 2.62 bits per heavy atom. The van der Waals surface area contributed by atoms with Crippen molar-refractivity contribution in [2.24, 2.45) is 5.41 Å².